The molecule has 5 rings (SSSR count). The van der Waals surface area contributed by atoms with Crippen LogP contribution >= 0.6 is 0 Å². The third kappa shape index (κ3) is 3.44. The van der Waals surface area contributed by atoms with Crippen LogP contribution < -0.4 is 4.74 Å². The summed E-state index contributed by atoms with van der Waals surface area (Å²) < 4.78 is 7.82. The van der Waals surface area contributed by atoms with Gasteiger partial charge in [0.2, 0.25) is 0 Å². The van der Waals surface area contributed by atoms with E-state index in [0.29, 0.717) is 6.61 Å². The van der Waals surface area contributed by atoms with Gasteiger partial charge in [-0.05, 0) is 56.2 Å². The third-order valence-electron chi connectivity index (χ3n) is 5.70. The second-order valence-corrected chi connectivity index (χ2v) is 7.78. The summed E-state index contributed by atoms with van der Waals surface area (Å²) in [4.78, 5) is 4.74. The average molecular weight is 408 g/mol. The van der Waals surface area contributed by atoms with Crippen molar-refractivity contribution in [2.45, 2.75) is 27.2 Å². The molecular formula is C27H25N3O. The number of ether oxygens (including phenoxy) is 1. The van der Waals surface area contributed by atoms with Crippen molar-refractivity contribution < 1.29 is 4.74 Å². The predicted molar refractivity (Wildman–Crippen MR) is 127 cm³/mol. The molecule has 0 N–H and O–H groups in total. The number of hydrogen-bond donors (Lipinski definition) is 0. The van der Waals surface area contributed by atoms with Crippen LogP contribution in [-0.2, 0) is 6.42 Å². The Labute approximate surface area is 182 Å². The highest BCUT2D eigenvalue weighted by Crippen LogP contribution is 2.35. The predicted octanol–water partition coefficient (Wildman–Crippen LogP) is 6.51. The van der Waals surface area contributed by atoms with Gasteiger partial charge in [-0.1, -0.05) is 48.9 Å². The molecule has 5 aromatic rings. The maximum atomic E-state index is 5.78. The van der Waals surface area contributed by atoms with Gasteiger partial charge in [-0.25, -0.2) is 4.68 Å². The third-order valence-corrected chi connectivity index (χ3v) is 5.70. The Morgan fingerprint density at radius 3 is 2.35 bits per heavy atom. The van der Waals surface area contributed by atoms with Crippen LogP contribution in [0, 0.1) is 6.92 Å². The van der Waals surface area contributed by atoms with Gasteiger partial charge in [-0.3, -0.25) is 4.98 Å². The quantitative estimate of drug-likeness (QED) is 0.333. The molecule has 3 aromatic carbocycles. The van der Waals surface area contributed by atoms with E-state index in [1.165, 1.54) is 11.1 Å². The van der Waals surface area contributed by atoms with E-state index in [0.717, 1.165) is 50.9 Å². The van der Waals surface area contributed by atoms with E-state index in [1.54, 1.807) is 0 Å². The first-order valence-corrected chi connectivity index (χ1v) is 10.8. The highest BCUT2D eigenvalue weighted by atomic mass is 16.5. The molecule has 2 heterocycles. The van der Waals surface area contributed by atoms with Crippen molar-refractivity contribution in [3.05, 3.63) is 84.1 Å². The molecule has 0 unspecified atom stereocenters. The Bertz CT molecular complexity index is 1370. The number of nitrogens with zero attached hydrogens (tertiary/aromatic N) is 3. The molecule has 0 spiro atoms. The Balaban J connectivity index is 1.83. The second kappa shape index (κ2) is 7.88. The molecule has 0 aliphatic heterocycles. The highest BCUT2D eigenvalue weighted by molar-refractivity contribution is 6.09. The molecule has 4 heteroatoms. The highest BCUT2D eigenvalue weighted by Gasteiger charge is 2.17. The van der Waals surface area contributed by atoms with Gasteiger partial charge in [0.1, 0.15) is 11.4 Å². The zero-order valence-electron chi connectivity index (χ0n) is 18.1. The molecule has 0 atom stereocenters. The first-order chi connectivity index (χ1) is 15.2. The number of aryl methyl sites for hydroxylation is 2. The molecule has 0 aliphatic carbocycles. The van der Waals surface area contributed by atoms with Gasteiger partial charge < -0.3 is 4.74 Å². The van der Waals surface area contributed by atoms with Gasteiger partial charge in [0.05, 0.1) is 23.3 Å². The zero-order chi connectivity index (χ0) is 21.4. The molecule has 0 fully saturated rings. The van der Waals surface area contributed by atoms with Crippen molar-refractivity contribution in [2.75, 3.05) is 6.61 Å². The summed E-state index contributed by atoms with van der Waals surface area (Å²) in [6.45, 7) is 6.89. The van der Waals surface area contributed by atoms with Gasteiger partial charge in [0.15, 0.2) is 0 Å². The van der Waals surface area contributed by atoms with Crippen LogP contribution in [-0.4, -0.2) is 21.4 Å². The average Bonchev–Trinajstić information content (AvgIpc) is 3.20. The molecule has 0 aliphatic rings. The number of fused-ring (bicyclic) bond motifs is 3. The Morgan fingerprint density at radius 1 is 0.871 bits per heavy atom. The molecule has 0 bridgehead atoms. The summed E-state index contributed by atoms with van der Waals surface area (Å²) in [5, 5.41) is 7.15. The summed E-state index contributed by atoms with van der Waals surface area (Å²) in [6.07, 6.45) is 2.96. The normalized spacial score (nSPS) is 11.3. The Morgan fingerprint density at radius 2 is 1.65 bits per heavy atom. The van der Waals surface area contributed by atoms with Crippen molar-refractivity contribution in [1.29, 1.82) is 0 Å². The largest absolute Gasteiger partial charge is 0.494 e. The van der Waals surface area contributed by atoms with Gasteiger partial charge in [0, 0.05) is 22.5 Å². The lowest BCUT2D eigenvalue weighted by Crippen LogP contribution is -1.98. The molecular weight excluding hydrogens is 382 g/mol. The van der Waals surface area contributed by atoms with Crippen molar-refractivity contribution >= 4 is 21.8 Å². The van der Waals surface area contributed by atoms with Gasteiger partial charge in [-0.15, -0.1) is 0 Å². The first-order valence-electron chi connectivity index (χ1n) is 10.8. The molecule has 0 saturated heterocycles. The van der Waals surface area contributed by atoms with Crippen molar-refractivity contribution in [3.63, 3.8) is 0 Å². The molecule has 0 radical (unpaired) electrons. The molecule has 2 aromatic heterocycles. The monoisotopic (exact) mass is 407 g/mol. The zero-order valence-corrected chi connectivity index (χ0v) is 18.1. The second-order valence-electron chi connectivity index (χ2n) is 7.78. The minimum Gasteiger partial charge on any atom is -0.494 e. The van der Waals surface area contributed by atoms with Crippen molar-refractivity contribution in [2.24, 2.45) is 0 Å². The summed E-state index contributed by atoms with van der Waals surface area (Å²) in [5.41, 5.74) is 7.57. The van der Waals surface area contributed by atoms with E-state index in [2.05, 4.69) is 68.4 Å². The Hall–Kier alpha value is -3.66. The smallest absolute Gasteiger partial charge is 0.120 e. The maximum absolute atomic E-state index is 5.78. The lowest BCUT2D eigenvalue weighted by atomic mass is 10.0. The molecule has 31 heavy (non-hydrogen) atoms. The van der Waals surface area contributed by atoms with Crippen LogP contribution in [0.4, 0.5) is 0 Å². The van der Waals surface area contributed by atoms with E-state index in [4.69, 9.17) is 14.8 Å². The van der Waals surface area contributed by atoms with Crippen LogP contribution in [0.5, 0.6) is 5.75 Å². The molecule has 0 saturated carbocycles. The summed E-state index contributed by atoms with van der Waals surface area (Å²) >= 11 is 0. The van der Waals surface area contributed by atoms with Crippen LogP contribution in [0.1, 0.15) is 25.0 Å². The number of rotatable bonds is 5. The molecule has 154 valence electrons. The number of pyridine rings is 1. The minimum atomic E-state index is 0.626. The van der Waals surface area contributed by atoms with Gasteiger partial charge >= 0.3 is 0 Å². The van der Waals surface area contributed by atoms with E-state index in [9.17, 15) is 0 Å². The summed E-state index contributed by atoms with van der Waals surface area (Å²) in [5.74, 6) is 0.842. The summed E-state index contributed by atoms with van der Waals surface area (Å²) in [7, 11) is 0. The van der Waals surface area contributed by atoms with E-state index < -0.39 is 0 Å². The van der Waals surface area contributed by atoms with Crippen molar-refractivity contribution in [3.8, 4) is 22.7 Å². The standard InChI is InChI=1S/C27H25N3O/c1-4-19-8-10-20(11-9-19)26-24-17-28-25-15-14-22(31-5-2)16-23(25)27(24)30(29-26)21-12-6-18(3)7-13-21/h6-17H,4-5H2,1-3H3. The lowest BCUT2D eigenvalue weighted by Gasteiger charge is -2.08. The maximum Gasteiger partial charge on any atom is 0.120 e. The van der Waals surface area contributed by atoms with Gasteiger partial charge in [0.25, 0.3) is 0 Å². The van der Waals surface area contributed by atoms with Crippen molar-refractivity contribution in [1.82, 2.24) is 14.8 Å². The van der Waals surface area contributed by atoms with Crippen LogP contribution in [0.3, 0.4) is 0 Å². The minimum absolute atomic E-state index is 0.626. The Kier molecular flexibility index (Phi) is 4.91. The fourth-order valence-corrected chi connectivity index (χ4v) is 4.00. The molecule has 4 nitrogen and oxygen atoms in total. The number of benzene rings is 3. The van der Waals surface area contributed by atoms with E-state index in [-0.39, 0.29) is 0 Å². The van der Waals surface area contributed by atoms with Crippen LogP contribution in [0.15, 0.2) is 72.9 Å². The fraction of sp³-hybridized carbons (Fsp3) is 0.185. The van der Waals surface area contributed by atoms with E-state index in [1.807, 2.05) is 29.9 Å². The first kappa shape index (κ1) is 19.3. The van der Waals surface area contributed by atoms with Crippen LogP contribution in [0.25, 0.3) is 38.8 Å². The fourth-order valence-electron chi connectivity index (χ4n) is 4.00. The number of hydrogen-bond acceptors (Lipinski definition) is 3. The SMILES string of the molecule is CCOc1ccc2ncc3c(-c4ccc(CC)cc4)nn(-c4ccc(C)cc4)c3c2c1. The lowest BCUT2D eigenvalue weighted by molar-refractivity contribution is 0.341. The van der Waals surface area contributed by atoms with Crippen LogP contribution in [0.2, 0.25) is 0 Å². The van der Waals surface area contributed by atoms with Gasteiger partial charge in [-0.2, -0.15) is 5.10 Å². The van der Waals surface area contributed by atoms with E-state index >= 15 is 0 Å². The number of aromatic nitrogens is 3. The molecule has 0 amide bonds. The topological polar surface area (TPSA) is 39.9 Å². The summed E-state index contributed by atoms with van der Waals surface area (Å²) in [6, 6.07) is 23.2.